The first-order valence-corrected chi connectivity index (χ1v) is 8.39. The summed E-state index contributed by atoms with van der Waals surface area (Å²) < 4.78 is 0. The maximum absolute atomic E-state index is 10.4. The second-order valence-electron chi connectivity index (χ2n) is 6.14. The lowest BCUT2D eigenvalue weighted by Gasteiger charge is -2.22. The van der Waals surface area contributed by atoms with Crippen LogP contribution in [-0.4, -0.2) is 17.7 Å². The molecule has 2 atom stereocenters. The quantitative estimate of drug-likeness (QED) is 0.738. The topological polar surface area (TPSA) is 32.3 Å². The molecule has 116 valence electrons. The van der Waals surface area contributed by atoms with Gasteiger partial charge in [-0.2, -0.15) is 0 Å². The Morgan fingerprint density at radius 1 is 1.19 bits per heavy atom. The number of hydrogen-bond acceptors (Lipinski definition) is 2. The van der Waals surface area contributed by atoms with Crippen molar-refractivity contribution in [3.8, 4) is 0 Å². The number of benzene rings is 1. The molecule has 0 bridgehead atoms. The Bertz CT molecular complexity index is 449. The average Bonchev–Trinajstić information content (AvgIpc) is 2.55. The SMILES string of the molecule is CCc1ccc(C(O)C(C)NCCC2=CCCCC2)cc1. The smallest absolute Gasteiger partial charge is 0.0940 e. The summed E-state index contributed by atoms with van der Waals surface area (Å²) in [5.41, 5.74) is 3.91. The first kappa shape index (κ1) is 16.3. The third-order valence-corrected chi connectivity index (χ3v) is 4.50. The van der Waals surface area contributed by atoms with Crippen LogP contribution in [0.2, 0.25) is 0 Å². The fourth-order valence-electron chi connectivity index (χ4n) is 2.94. The number of hydrogen-bond donors (Lipinski definition) is 2. The highest BCUT2D eigenvalue weighted by molar-refractivity contribution is 5.24. The van der Waals surface area contributed by atoms with Gasteiger partial charge in [-0.05, 0) is 63.1 Å². The molecule has 0 saturated heterocycles. The van der Waals surface area contributed by atoms with E-state index in [9.17, 15) is 5.11 Å². The fraction of sp³-hybridized carbons (Fsp3) is 0.579. The molecule has 0 aliphatic heterocycles. The molecule has 0 fully saturated rings. The molecule has 1 aromatic carbocycles. The van der Waals surface area contributed by atoms with Gasteiger partial charge < -0.3 is 10.4 Å². The van der Waals surface area contributed by atoms with Crippen molar-refractivity contribution in [2.75, 3.05) is 6.54 Å². The molecular formula is C19H29NO. The van der Waals surface area contributed by atoms with Crippen molar-refractivity contribution < 1.29 is 5.11 Å². The summed E-state index contributed by atoms with van der Waals surface area (Å²) in [5, 5.41) is 13.9. The van der Waals surface area contributed by atoms with Gasteiger partial charge >= 0.3 is 0 Å². The minimum absolute atomic E-state index is 0.0849. The molecular weight excluding hydrogens is 258 g/mol. The van der Waals surface area contributed by atoms with Crippen molar-refractivity contribution in [1.82, 2.24) is 5.32 Å². The van der Waals surface area contributed by atoms with Crippen molar-refractivity contribution >= 4 is 0 Å². The molecule has 2 rings (SSSR count). The Balaban J connectivity index is 1.78. The number of allylic oxidation sites excluding steroid dienone is 1. The minimum Gasteiger partial charge on any atom is -0.387 e. The maximum Gasteiger partial charge on any atom is 0.0940 e. The van der Waals surface area contributed by atoms with Crippen LogP contribution in [0.25, 0.3) is 0 Å². The van der Waals surface area contributed by atoms with E-state index in [1.165, 1.54) is 31.2 Å². The Morgan fingerprint density at radius 3 is 2.57 bits per heavy atom. The standard InChI is InChI=1S/C19H29NO/c1-3-16-9-11-18(12-10-16)19(21)15(2)20-14-13-17-7-5-4-6-8-17/h7,9-12,15,19-21H,3-6,8,13-14H2,1-2H3. The van der Waals surface area contributed by atoms with Gasteiger partial charge in [-0.1, -0.05) is 42.8 Å². The predicted molar refractivity (Wildman–Crippen MR) is 89.4 cm³/mol. The molecule has 1 aliphatic carbocycles. The highest BCUT2D eigenvalue weighted by Gasteiger charge is 2.15. The van der Waals surface area contributed by atoms with Crippen molar-refractivity contribution in [1.29, 1.82) is 0 Å². The zero-order valence-corrected chi connectivity index (χ0v) is 13.4. The van der Waals surface area contributed by atoms with E-state index in [1.807, 2.05) is 12.1 Å². The second kappa shape index (κ2) is 8.35. The van der Waals surface area contributed by atoms with E-state index in [0.29, 0.717) is 0 Å². The fourth-order valence-corrected chi connectivity index (χ4v) is 2.94. The average molecular weight is 287 g/mol. The van der Waals surface area contributed by atoms with E-state index in [4.69, 9.17) is 0 Å². The van der Waals surface area contributed by atoms with Gasteiger partial charge in [0.15, 0.2) is 0 Å². The van der Waals surface area contributed by atoms with Gasteiger partial charge in [0.2, 0.25) is 0 Å². The summed E-state index contributed by atoms with van der Waals surface area (Å²) in [4.78, 5) is 0. The Labute approximate surface area is 129 Å². The summed E-state index contributed by atoms with van der Waals surface area (Å²) in [7, 11) is 0. The summed E-state index contributed by atoms with van der Waals surface area (Å²) >= 11 is 0. The largest absolute Gasteiger partial charge is 0.387 e. The minimum atomic E-state index is -0.434. The molecule has 2 nitrogen and oxygen atoms in total. The van der Waals surface area contributed by atoms with Crippen LogP contribution in [0.1, 0.15) is 63.2 Å². The van der Waals surface area contributed by atoms with E-state index in [-0.39, 0.29) is 6.04 Å². The van der Waals surface area contributed by atoms with E-state index < -0.39 is 6.10 Å². The van der Waals surface area contributed by atoms with E-state index in [0.717, 1.165) is 24.9 Å². The van der Waals surface area contributed by atoms with E-state index >= 15 is 0 Å². The van der Waals surface area contributed by atoms with Crippen LogP contribution in [0.5, 0.6) is 0 Å². The molecule has 21 heavy (non-hydrogen) atoms. The zero-order chi connectivity index (χ0) is 15.1. The maximum atomic E-state index is 10.4. The van der Waals surface area contributed by atoms with Gasteiger partial charge in [0.1, 0.15) is 0 Å². The molecule has 2 heteroatoms. The van der Waals surface area contributed by atoms with Crippen LogP contribution < -0.4 is 5.32 Å². The van der Waals surface area contributed by atoms with Crippen LogP contribution in [0, 0.1) is 0 Å². The molecule has 2 unspecified atom stereocenters. The number of aliphatic hydroxyl groups excluding tert-OH is 1. The highest BCUT2D eigenvalue weighted by Crippen LogP contribution is 2.21. The zero-order valence-electron chi connectivity index (χ0n) is 13.4. The summed E-state index contributed by atoms with van der Waals surface area (Å²) in [6.07, 6.45) is 9.32. The predicted octanol–water partition coefficient (Wildman–Crippen LogP) is 4.15. The molecule has 1 aliphatic rings. The van der Waals surface area contributed by atoms with Crippen molar-refractivity contribution in [3.63, 3.8) is 0 Å². The van der Waals surface area contributed by atoms with Crippen LogP contribution >= 0.6 is 0 Å². The molecule has 0 radical (unpaired) electrons. The molecule has 0 aromatic heterocycles. The van der Waals surface area contributed by atoms with Gasteiger partial charge in [-0.25, -0.2) is 0 Å². The summed E-state index contributed by atoms with van der Waals surface area (Å²) in [6, 6.07) is 8.40. The van der Waals surface area contributed by atoms with Crippen molar-refractivity contribution in [3.05, 3.63) is 47.0 Å². The first-order chi connectivity index (χ1) is 10.2. The van der Waals surface area contributed by atoms with Gasteiger partial charge in [-0.3, -0.25) is 0 Å². The molecule has 0 heterocycles. The van der Waals surface area contributed by atoms with Crippen LogP contribution in [0.3, 0.4) is 0 Å². The molecule has 0 spiro atoms. The van der Waals surface area contributed by atoms with Crippen LogP contribution in [-0.2, 0) is 6.42 Å². The van der Waals surface area contributed by atoms with Crippen molar-refractivity contribution in [2.45, 2.75) is 64.5 Å². The van der Waals surface area contributed by atoms with Crippen molar-refractivity contribution in [2.24, 2.45) is 0 Å². The summed E-state index contributed by atoms with van der Waals surface area (Å²) in [6.45, 7) is 5.17. The molecule has 0 saturated carbocycles. The van der Waals surface area contributed by atoms with E-state index in [1.54, 1.807) is 5.57 Å². The summed E-state index contributed by atoms with van der Waals surface area (Å²) in [5.74, 6) is 0. The van der Waals surface area contributed by atoms with Gasteiger partial charge in [0, 0.05) is 6.04 Å². The monoisotopic (exact) mass is 287 g/mol. The lowest BCUT2D eigenvalue weighted by Crippen LogP contribution is -2.33. The Hall–Kier alpha value is -1.12. The van der Waals surface area contributed by atoms with Gasteiger partial charge in [0.05, 0.1) is 6.10 Å². The Kier molecular flexibility index (Phi) is 6.47. The number of aliphatic hydroxyl groups is 1. The lowest BCUT2D eigenvalue weighted by molar-refractivity contribution is 0.136. The van der Waals surface area contributed by atoms with Gasteiger partial charge in [0.25, 0.3) is 0 Å². The number of aryl methyl sites for hydroxylation is 1. The first-order valence-electron chi connectivity index (χ1n) is 8.39. The molecule has 1 aromatic rings. The molecule has 0 amide bonds. The number of rotatable bonds is 7. The highest BCUT2D eigenvalue weighted by atomic mass is 16.3. The third kappa shape index (κ3) is 4.98. The van der Waals surface area contributed by atoms with Gasteiger partial charge in [-0.15, -0.1) is 0 Å². The normalized spacial score (nSPS) is 18.1. The third-order valence-electron chi connectivity index (χ3n) is 4.50. The van der Waals surface area contributed by atoms with E-state index in [2.05, 4.69) is 37.4 Å². The Morgan fingerprint density at radius 2 is 1.95 bits per heavy atom. The van der Waals surface area contributed by atoms with Crippen LogP contribution in [0.15, 0.2) is 35.9 Å². The number of nitrogens with one attached hydrogen (secondary N) is 1. The second-order valence-corrected chi connectivity index (χ2v) is 6.14. The molecule has 2 N–H and O–H groups in total. The van der Waals surface area contributed by atoms with Crippen LogP contribution in [0.4, 0.5) is 0 Å². The lowest BCUT2D eigenvalue weighted by atomic mass is 9.97.